The third-order valence-electron chi connectivity index (χ3n) is 4.85. The molecule has 0 amide bonds. The number of aromatic nitrogens is 1. The van der Waals surface area contributed by atoms with E-state index in [1.54, 1.807) is 25.1 Å². The van der Waals surface area contributed by atoms with Gasteiger partial charge < -0.3 is 19.1 Å². The van der Waals surface area contributed by atoms with Crippen molar-refractivity contribution in [2.24, 2.45) is 0 Å². The molecule has 1 aliphatic rings. The number of halogens is 1. The fourth-order valence-electron chi connectivity index (χ4n) is 3.34. The minimum Gasteiger partial charge on any atom is -0.461 e. The number of carbonyl (C=O) groups excluding carboxylic acids is 1. The van der Waals surface area contributed by atoms with Gasteiger partial charge in [0, 0.05) is 31.9 Å². The molecule has 0 spiro atoms. The van der Waals surface area contributed by atoms with Gasteiger partial charge in [0.05, 0.1) is 18.8 Å². The summed E-state index contributed by atoms with van der Waals surface area (Å²) in [6.07, 6.45) is 0. The normalized spacial score (nSPS) is 14.3. The van der Waals surface area contributed by atoms with E-state index in [0.717, 1.165) is 5.69 Å². The van der Waals surface area contributed by atoms with Gasteiger partial charge in [-0.3, -0.25) is 5.41 Å². The summed E-state index contributed by atoms with van der Waals surface area (Å²) < 4.78 is 20.9. The van der Waals surface area contributed by atoms with Crippen LogP contribution in [0.15, 0.2) is 36.4 Å². The maximum atomic E-state index is 14.0. The second kappa shape index (κ2) is 8.24. The summed E-state index contributed by atoms with van der Waals surface area (Å²) in [6.45, 7) is 6.90. The van der Waals surface area contributed by atoms with Gasteiger partial charge in [0.1, 0.15) is 17.3 Å². The Balaban J connectivity index is 1.63. The second-order valence-corrected chi connectivity index (χ2v) is 6.54. The van der Waals surface area contributed by atoms with E-state index < -0.39 is 0 Å². The number of amidine groups is 1. The molecule has 2 heterocycles. The Kier molecular flexibility index (Phi) is 5.78. The number of rotatable bonds is 5. The van der Waals surface area contributed by atoms with Gasteiger partial charge in [0.2, 0.25) is 0 Å². The molecule has 0 saturated carbocycles. The fraction of sp³-hybridized carbons (Fsp3) is 0.400. The van der Waals surface area contributed by atoms with Crippen LogP contribution in [0.25, 0.3) is 0 Å². The lowest BCUT2D eigenvalue weighted by atomic mass is 10.2. The zero-order valence-corrected chi connectivity index (χ0v) is 15.7. The van der Waals surface area contributed by atoms with Crippen LogP contribution in [0, 0.1) is 18.2 Å². The maximum Gasteiger partial charge on any atom is 0.354 e. The molecule has 1 aromatic heterocycles. The molecule has 1 N–H and O–H groups in total. The van der Waals surface area contributed by atoms with E-state index in [-0.39, 0.29) is 11.8 Å². The molecule has 1 saturated heterocycles. The lowest BCUT2D eigenvalue weighted by molar-refractivity contribution is 0.0514. The number of hydrogen-bond acceptors (Lipinski definition) is 4. The van der Waals surface area contributed by atoms with Crippen molar-refractivity contribution in [3.63, 3.8) is 0 Å². The number of carbonyl (C=O) groups is 1. The Labute approximate surface area is 158 Å². The molecular weight excluding hydrogens is 347 g/mol. The molecule has 6 nitrogen and oxygen atoms in total. The smallest absolute Gasteiger partial charge is 0.354 e. The van der Waals surface area contributed by atoms with Crippen molar-refractivity contribution in [1.82, 2.24) is 9.47 Å². The zero-order chi connectivity index (χ0) is 19.4. The molecule has 0 bridgehead atoms. The van der Waals surface area contributed by atoms with Crippen LogP contribution in [0.4, 0.5) is 10.1 Å². The van der Waals surface area contributed by atoms with E-state index in [4.69, 9.17) is 10.1 Å². The number of benzene rings is 1. The van der Waals surface area contributed by atoms with Gasteiger partial charge in [-0.2, -0.15) is 0 Å². The number of anilines is 1. The van der Waals surface area contributed by atoms with Crippen LogP contribution in [0.2, 0.25) is 0 Å². The van der Waals surface area contributed by atoms with Crippen molar-refractivity contribution >= 4 is 17.5 Å². The highest BCUT2D eigenvalue weighted by molar-refractivity contribution is 5.89. The first-order valence-electron chi connectivity index (χ1n) is 9.16. The van der Waals surface area contributed by atoms with Crippen molar-refractivity contribution in [2.75, 3.05) is 37.7 Å². The van der Waals surface area contributed by atoms with E-state index in [2.05, 4.69) is 0 Å². The van der Waals surface area contributed by atoms with Crippen molar-refractivity contribution in [3.8, 4) is 0 Å². The monoisotopic (exact) mass is 372 g/mol. The summed E-state index contributed by atoms with van der Waals surface area (Å²) in [6, 6.07) is 10.4. The molecule has 0 unspecified atom stereocenters. The minimum atomic E-state index is -0.372. The molecule has 27 heavy (non-hydrogen) atoms. The molecule has 1 aliphatic heterocycles. The minimum absolute atomic E-state index is 0.219. The number of esters is 1. The summed E-state index contributed by atoms with van der Waals surface area (Å²) in [5.41, 5.74) is 1.98. The zero-order valence-electron chi connectivity index (χ0n) is 15.7. The molecule has 144 valence electrons. The van der Waals surface area contributed by atoms with E-state index in [1.807, 2.05) is 33.4 Å². The maximum absolute atomic E-state index is 14.0. The van der Waals surface area contributed by atoms with Crippen LogP contribution in [0.1, 0.15) is 23.1 Å². The van der Waals surface area contributed by atoms with E-state index >= 15 is 0 Å². The highest BCUT2D eigenvalue weighted by Gasteiger charge is 2.22. The molecule has 2 aromatic rings. The topological polar surface area (TPSA) is 61.6 Å². The number of para-hydroxylation sites is 1. The fourth-order valence-corrected chi connectivity index (χ4v) is 3.34. The molecule has 1 fully saturated rings. The van der Waals surface area contributed by atoms with Gasteiger partial charge >= 0.3 is 5.97 Å². The average Bonchev–Trinajstić information content (AvgIpc) is 3.03. The molecule has 0 atom stereocenters. The molecule has 1 aromatic carbocycles. The molecule has 7 heteroatoms. The molecular formula is C20H25FN4O2. The van der Waals surface area contributed by atoms with E-state index in [9.17, 15) is 9.18 Å². The Morgan fingerprint density at radius 2 is 1.85 bits per heavy atom. The number of hydrogen-bond donors (Lipinski definition) is 1. The standard InChI is InChI=1S/C20H25FN4O2/c1-3-27-20(26)18-9-8-15(2)25(18)14-19(22)24-12-10-23(11-13-24)17-7-5-4-6-16(17)21/h4-9,22H,3,10-14H2,1-2H3. The van der Waals surface area contributed by atoms with Crippen molar-refractivity contribution in [3.05, 3.63) is 53.6 Å². The highest BCUT2D eigenvalue weighted by Crippen LogP contribution is 2.20. The van der Waals surface area contributed by atoms with Crippen LogP contribution in [0.3, 0.4) is 0 Å². The Morgan fingerprint density at radius 3 is 2.52 bits per heavy atom. The summed E-state index contributed by atoms with van der Waals surface area (Å²) in [5, 5.41) is 8.47. The Hall–Kier alpha value is -2.83. The van der Waals surface area contributed by atoms with Crippen LogP contribution in [-0.2, 0) is 11.3 Å². The van der Waals surface area contributed by atoms with Crippen LogP contribution in [0.5, 0.6) is 0 Å². The number of nitrogens with one attached hydrogen (secondary N) is 1. The Bertz CT molecular complexity index is 825. The summed E-state index contributed by atoms with van der Waals surface area (Å²) in [7, 11) is 0. The molecule has 3 rings (SSSR count). The van der Waals surface area contributed by atoms with Crippen molar-refractivity contribution in [2.45, 2.75) is 20.4 Å². The van der Waals surface area contributed by atoms with Crippen LogP contribution >= 0.6 is 0 Å². The van der Waals surface area contributed by atoms with Crippen LogP contribution < -0.4 is 4.90 Å². The predicted octanol–water partition coefficient (Wildman–Crippen LogP) is 2.91. The van der Waals surface area contributed by atoms with Gasteiger partial charge in [0.15, 0.2) is 0 Å². The van der Waals surface area contributed by atoms with Crippen molar-refractivity contribution < 1.29 is 13.9 Å². The largest absolute Gasteiger partial charge is 0.461 e. The third kappa shape index (κ3) is 4.13. The summed E-state index contributed by atoms with van der Waals surface area (Å²) in [5.74, 6) is -0.154. The number of aryl methyl sites for hydroxylation is 1. The van der Waals surface area contributed by atoms with Gasteiger partial charge in [-0.05, 0) is 38.1 Å². The highest BCUT2D eigenvalue weighted by atomic mass is 19.1. The molecule has 0 radical (unpaired) electrons. The first kappa shape index (κ1) is 18.9. The van der Waals surface area contributed by atoms with Crippen molar-refractivity contribution in [1.29, 1.82) is 5.41 Å². The van der Waals surface area contributed by atoms with Gasteiger partial charge in [-0.1, -0.05) is 12.1 Å². The summed E-state index contributed by atoms with van der Waals surface area (Å²) in [4.78, 5) is 16.1. The summed E-state index contributed by atoms with van der Waals surface area (Å²) >= 11 is 0. The van der Waals surface area contributed by atoms with Gasteiger partial charge in [-0.25, -0.2) is 9.18 Å². The number of piperazine rings is 1. The quantitative estimate of drug-likeness (QED) is 0.498. The van der Waals surface area contributed by atoms with E-state index in [1.165, 1.54) is 6.07 Å². The first-order valence-corrected chi connectivity index (χ1v) is 9.16. The van der Waals surface area contributed by atoms with E-state index in [0.29, 0.717) is 56.5 Å². The van der Waals surface area contributed by atoms with Gasteiger partial charge in [-0.15, -0.1) is 0 Å². The lowest BCUT2D eigenvalue weighted by Gasteiger charge is -2.37. The number of ether oxygens (including phenoxy) is 1. The molecule has 0 aliphatic carbocycles. The predicted molar refractivity (Wildman–Crippen MR) is 103 cm³/mol. The number of nitrogens with zero attached hydrogens (tertiary/aromatic N) is 3. The lowest BCUT2D eigenvalue weighted by Crippen LogP contribution is -2.49. The average molecular weight is 372 g/mol. The van der Waals surface area contributed by atoms with Gasteiger partial charge in [0.25, 0.3) is 0 Å². The first-order chi connectivity index (χ1) is 13.0. The SMILES string of the molecule is CCOC(=O)c1ccc(C)n1CC(=N)N1CCN(c2ccccc2F)CC1. The Morgan fingerprint density at radius 1 is 1.15 bits per heavy atom. The second-order valence-electron chi connectivity index (χ2n) is 6.54. The van der Waals surface area contributed by atoms with Crippen LogP contribution in [-0.4, -0.2) is 54.1 Å². The third-order valence-corrected chi connectivity index (χ3v) is 4.85.